The molecule has 0 atom stereocenters. The van der Waals surface area contributed by atoms with Crippen LogP contribution in [0.4, 0.5) is 0 Å². The smallest absolute Gasteiger partial charge is 0.319 e. The fourth-order valence-electron chi connectivity index (χ4n) is 2.00. The Morgan fingerprint density at radius 1 is 1.47 bits per heavy atom. The molecule has 2 rings (SSSR count). The van der Waals surface area contributed by atoms with Crippen LogP contribution in [0.25, 0.3) is 11.0 Å². The predicted molar refractivity (Wildman–Crippen MR) is 73.8 cm³/mol. The van der Waals surface area contributed by atoms with Crippen molar-refractivity contribution < 1.29 is 9.53 Å². The first-order valence-corrected chi connectivity index (χ1v) is 6.40. The van der Waals surface area contributed by atoms with Crippen molar-refractivity contribution >= 4 is 17.0 Å². The summed E-state index contributed by atoms with van der Waals surface area (Å²) >= 11 is 0. The molecule has 0 unspecified atom stereocenters. The van der Waals surface area contributed by atoms with Crippen molar-refractivity contribution in [3.8, 4) is 0 Å². The number of hydrogen-bond donors (Lipinski definition) is 1. The molecule has 0 saturated heterocycles. The number of carbonyl (C=O) groups is 1. The van der Waals surface area contributed by atoms with Gasteiger partial charge in [0.05, 0.1) is 24.2 Å². The second-order valence-corrected chi connectivity index (χ2v) is 4.45. The molecular formula is C14H19N3O2. The number of fused-ring (bicyclic) bond motifs is 1. The number of imidazole rings is 1. The molecule has 0 radical (unpaired) electrons. The molecule has 0 aliphatic rings. The number of aryl methyl sites for hydroxylation is 2. The maximum atomic E-state index is 11.2. The minimum absolute atomic E-state index is 0.225. The molecule has 0 fully saturated rings. The lowest BCUT2D eigenvalue weighted by atomic mass is 10.2. The molecule has 0 aliphatic carbocycles. The van der Waals surface area contributed by atoms with Gasteiger partial charge in [0.15, 0.2) is 0 Å². The third-order valence-electron chi connectivity index (χ3n) is 3.07. The van der Waals surface area contributed by atoms with Gasteiger partial charge in [0.25, 0.3) is 0 Å². The van der Waals surface area contributed by atoms with E-state index < -0.39 is 0 Å². The second kappa shape index (κ2) is 5.84. The maximum absolute atomic E-state index is 11.2. The summed E-state index contributed by atoms with van der Waals surface area (Å²) < 4.78 is 6.91. The summed E-state index contributed by atoms with van der Waals surface area (Å²) in [7, 11) is 2.00. The fraction of sp³-hybridized carbons (Fsp3) is 0.429. The van der Waals surface area contributed by atoms with E-state index in [9.17, 15) is 4.79 Å². The lowest BCUT2D eigenvalue weighted by Gasteiger charge is -2.05. The number of nitrogens with one attached hydrogen (secondary N) is 1. The summed E-state index contributed by atoms with van der Waals surface area (Å²) in [6, 6.07) is 6.14. The Hall–Kier alpha value is -1.88. The summed E-state index contributed by atoms with van der Waals surface area (Å²) in [6.07, 6.45) is 0. The van der Waals surface area contributed by atoms with Gasteiger partial charge < -0.3 is 14.6 Å². The molecule has 0 saturated carbocycles. The van der Waals surface area contributed by atoms with E-state index in [0.29, 0.717) is 13.2 Å². The van der Waals surface area contributed by atoms with Crippen LogP contribution in [0.1, 0.15) is 18.3 Å². The number of esters is 1. The van der Waals surface area contributed by atoms with Crippen LogP contribution in [0.15, 0.2) is 18.2 Å². The first-order chi connectivity index (χ1) is 9.11. The Morgan fingerprint density at radius 2 is 2.26 bits per heavy atom. The number of ether oxygens (including phenoxy) is 1. The standard InChI is InChI=1S/C14H19N3O2/c1-4-19-14(18)9-15-8-11-5-6-13-12(7-11)16-10(2)17(13)3/h5-7,15H,4,8-9H2,1-3H3. The van der Waals surface area contributed by atoms with Gasteiger partial charge in [0.1, 0.15) is 5.82 Å². The average molecular weight is 261 g/mol. The van der Waals surface area contributed by atoms with Crippen LogP contribution >= 0.6 is 0 Å². The normalized spacial score (nSPS) is 10.9. The van der Waals surface area contributed by atoms with Gasteiger partial charge in [-0.3, -0.25) is 4.79 Å². The zero-order valence-corrected chi connectivity index (χ0v) is 11.6. The van der Waals surface area contributed by atoms with Crippen molar-refractivity contribution in [2.45, 2.75) is 20.4 Å². The SMILES string of the molecule is CCOC(=O)CNCc1ccc2c(c1)nc(C)n2C. The number of hydrogen-bond acceptors (Lipinski definition) is 4. The number of carbonyl (C=O) groups excluding carboxylic acids is 1. The molecule has 1 N–H and O–H groups in total. The van der Waals surface area contributed by atoms with Crippen LogP contribution in [0.3, 0.4) is 0 Å². The van der Waals surface area contributed by atoms with E-state index in [2.05, 4.69) is 20.9 Å². The topological polar surface area (TPSA) is 56.1 Å². The highest BCUT2D eigenvalue weighted by atomic mass is 16.5. The molecular weight excluding hydrogens is 242 g/mol. The van der Waals surface area contributed by atoms with Crippen molar-refractivity contribution in [1.82, 2.24) is 14.9 Å². The van der Waals surface area contributed by atoms with Crippen LogP contribution in [0, 0.1) is 6.92 Å². The third kappa shape index (κ3) is 3.12. The molecule has 1 aromatic carbocycles. The number of rotatable bonds is 5. The average Bonchev–Trinajstić information content (AvgIpc) is 2.65. The molecule has 5 heteroatoms. The van der Waals surface area contributed by atoms with Gasteiger partial charge in [0, 0.05) is 13.6 Å². The summed E-state index contributed by atoms with van der Waals surface area (Å²) in [4.78, 5) is 15.7. The van der Waals surface area contributed by atoms with Crippen molar-refractivity contribution in [2.24, 2.45) is 7.05 Å². The van der Waals surface area contributed by atoms with Crippen LogP contribution in [0.5, 0.6) is 0 Å². The van der Waals surface area contributed by atoms with Crippen molar-refractivity contribution in [1.29, 1.82) is 0 Å². The monoisotopic (exact) mass is 261 g/mol. The summed E-state index contributed by atoms with van der Waals surface area (Å²) in [5.41, 5.74) is 3.21. The largest absolute Gasteiger partial charge is 0.465 e. The lowest BCUT2D eigenvalue weighted by Crippen LogP contribution is -2.24. The van der Waals surface area contributed by atoms with Crippen LogP contribution < -0.4 is 5.32 Å². The molecule has 1 heterocycles. The molecule has 102 valence electrons. The van der Waals surface area contributed by atoms with Gasteiger partial charge in [-0.15, -0.1) is 0 Å². The van der Waals surface area contributed by atoms with Crippen LogP contribution in [0.2, 0.25) is 0 Å². The van der Waals surface area contributed by atoms with Gasteiger partial charge in [0.2, 0.25) is 0 Å². The van der Waals surface area contributed by atoms with E-state index in [1.54, 1.807) is 6.92 Å². The molecule has 0 amide bonds. The Morgan fingerprint density at radius 3 is 3.00 bits per heavy atom. The highest BCUT2D eigenvalue weighted by Gasteiger charge is 2.05. The first kappa shape index (κ1) is 13.5. The minimum Gasteiger partial charge on any atom is -0.465 e. The Balaban J connectivity index is 2.00. The Bertz CT molecular complexity index is 590. The quantitative estimate of drug-likeness (QED) is 0.829. The summed E-state index contributed by atoms with van der Waals surface area (Å²) in [6.45, 7) is 5.06. The van der Waals surface area contributed by atoms with Gasteiger partial charge in [-0.1, -0.05) is 6.07 Å². The van der Waals surface area contributed by atoms with Crippen molar-refractivity contribution in [2.75, 3.05) is 13.2 Å². The van der Waals surface area contributed by atoms with E-state index in [4.69, 9.17) is 4.74 Å². The van der Waals surface area contributed by atoms with Gasteiger partial charge in [-0.05, 0) is 31.5 Å². The molecule has 0 bridgehead atoms. The second-order valence-electron chi connectivity index (χ2n) is 4.45. The third-order valence-corrected chi connectivity index (χ3v) is 3.07. The molecule has 0 spiro atoms. The van der Waals surface area contributed by atoms with Gasteiger partial charge >= 0.3 is 5.97 Å². The Labute approximate surface area is 112 Å². The predicted octanol–water partition coefficient (Wildman–Crippen LogP) is 1.53. The first-order valence-electron chi connectivity index (χ1n) is 6.40. The summed E-state index contributed by atoms with van der Waals surface area (Å²) in [5, 5.41) is 3.06. The summed E-state index contributed by atoms with van der Waals surface area (Å²) in [5.74, 6) is 0.767. The van der Waals surface area contributed by atoms with E-state index in [1.165, 1.54) is 0 Å². The van der Waals surface area contributed by atoms with E-state index in [-0.39, 0.29) is 12.5 Å². The van der Waals surface area contributed by atoms with Crippen LogP contribution in [-0.2, 0) is 23.1 Å². The molecule has 0 aliphatic heterocycles. The molecule has 2 aromatic rings. The van der Waals surface area contributed by atoms with Gasteiger partial charge in [-0.25, -0.2) is 4.98 Å². The molecule has 5 nitrogen and oxygen atoms in total. The highest BCUT2D eigenvalue weighted by molar-refractivity contribution is 5.76. The van der Waals surface area contributed by atoms with Crippen molar-refractivity contribution in [3.05, 3.63) is 29.6 Å². The van der Waals surface area contributed by atoms with Crippen LogP contribution in [-0.4, -0.2) is 28.7 Å². The number of aromatic nitrogens is 2. The highest BCUT2D eigenvalue weighted by Crippen LogP contribution is 2.16. The lowest BCUT2D eigenvalue weighted by molar-refractivity contribution is -0.142. The minimum atomic E-state index is -0.225. The Kier molecular flexibility index (Phi) is 4.16. The fourth-order valence-corrected chi connectivity index (χ4v) is 2.00. The zero-order chi connectivity index (χ0) is 13.8. The van der Waals surface area contributed by atoms with E-state index in [1.807, 2.05) is 26.1 Å². The molecule has 19 heavy (non-hydrogen) atoms. The zero-order valence-electron chi connectivity index (χ0n) is 11.6. The van der Waals surface area contributed by atoms with Gasteiger partial charge in [-0.2, -0.15) is 0 Å². The molecule has 1 aromatic heterocycles. The van der Waals surface area contributed by atoms with E-state index >= 15 is 0 Å². The van der Waals surface area contributed by atoms with E-state index in [0.717, 1.165) is 22.4 Å². The number of benzene rings is 1. The van der Waals surface area contributed by atoms with Crippen molar-refractivity contribution in [3.63, 3.8) is 0 Å². The number of nitrogens with zero attached hydrogens (tertiary/aromatic N) is 2. The maximum Gasteiger partial charge on any atom is 0.319 e.